The zero-order valence-electron chi connectivity index (χ0n) is 12.9. The second kappa shape index (κ2) is 13.0. The topological polar surface area (TPSA) is 24.1 Å². The first-order valence-corrected chi connectivity index (χ1v) is 7.30. The lowest BCUT2D eigenvalue weighted by molar-refractivity contribution is 0.558. The second-order valence-electron chi connectivity index (χ2n) is 4.66. The third-order valence-corrected chi connectivity index (χ3v) is 2.97. The molecule has 0 fully saturated rings. The Labute approximate surface area is 119 Å². The lowest BCUT2D eigenvalue weighted by Gasteiger charge is -2.18. The van der Waals surface area contributed by atoms with E-state index in [-0.39, 0.29) is 0 Å². The summed E-state index contributed by atoms with van der Waals surface area (Å²) in [5.74, 6) is 0. The van der Waals surface area contributed by atoms with Crippen molar-refractivity contribution in [2.24, 2.45) is 0 Å². The SMILES string of the molecule is CC=CC=C(C)C(CCCCC)N/C=C\C=C/NC. The number of hydrogen-bond donors (Lipinski definition) is 2. The molecular weight excluding hydrogens is 232 g/mol. The molecule has 0 radical (unpaired) electrons. The van der Waals surface area contributed by atoms with E-state index in [9.17, 15) is 0 Å². The maximum absolute atomic E-state index is 3.48. The van der Waals surface area contributed by atoms with E-state index in [4.69, 9.17) is 0 Å². The Kier molecular flexibility index (Phi) is 12.0. The van der Waals surface area contributed by atoms with Crippen molar-refractivity contribution in [2.45, 2.75) is 52.5 Å². The highest BCUT2D eigenvalue weighted by atomic mass is 14.9. The summed E-state index contributed by atoms with van der Waals surface area (Å²) >= 11 is 0. The Hall–Kier alpha value is -1.44. The minimum atomic E-state index is 0.432. The molecule has 0 aliphatic rings. The highest BCUT2D eigenvalue weighted by Gasteiger charge is 2.07. The van der Waals surface area contributed by atoms with Crippen molar-refractivity contribution in [3.05, 3.63) is 48.4 Å². The van der Waals surface area contributed by atoms with Crippen molar-refractivity contribution in [1.29, 1.82) is 0 Å². The molecule has 0 amide bonds. The van der Waals surface area contributed by atoms with Crippen LogP contribution in [-0.4, -0.2) is 13.1 Å². The summed E-state index contributed by atoms with van der Waals surface area (Å²) in [6.45, 7) is 6.49. The molecule has 2 nitrogen and oxygen atoms in total. The first kappa shape index (κ1) is 17.6. The summed E-state index contributed by atoms with van der Waals surface area (Å²) in [4.78, 5) is 0. The summed E-state index contributed by atoms with van der Waals surface area (Å²) in [6.07, 6.45) is 19.3. The van der Waals surface area contributed by atoms with Gasteiger partial charge in [0.05, 0.1) is 0 Å². The molecule has 0 rings (SSSR count). The molecule has 0 aromatic carbocycles. The molecule has 0 aromatic heterocycles. The summed E-state index contributed by atoms with van der Waals surface area (Å²) in [6, 6.07) is 0.432. The van der Waals surface area contributed by atoms with Gasteiger partial charge in [0.2, 0.25) is 0 Å². The number of allylic oxidation sites excluding steroid dienone is 5. The fourth-order valence-corrected chi connectivity index (χ4v) is 1.78. The van der Waals surface area contributed by atoms with Gasteiger partial charge in [0.1, 0.15) is 0 Å². The van der Waals surface area contributed by atoms with E-state index in [1.54, 1.807) is 0 Å². The first-order chi connectivity index (χ1) is 9.26. The van der Waals surface area contributed by atoms with Crippen LogP contribution >= 0.6 is 0 Å². The maximum Gasteiger partial charge on any atom is 0.0468 e. The van der Waals surface area contributed by atoms with E-state index < -0.39 is 0 Å². The zero-order valence-corrected chi connectivity index (χ0v) is 12.9. The van der Waals surface area contributed by atoms with Crippen molar-refractivity contribution in [1.82, 2.24) is 10.6 Å². The van der Waals surface area contributed by atoms with E-state index in [2.05, 4.69) is 42.7 Å². The van der Waals surface area contributed by atoms with Gasteiger partial charge in [0.15, 0.2) is 0 Å². The largest absolute Gasteiger partial charge is 0.394 e. The van der Waals surface area contributed by atoms with Crippen LogP contribution in [0.2, 0.25) is 0 Å². The lowest BCUT2D eigenvalue weighted by Crippen LogP contribution is -2.25. The van der Waals surface area contributed by atoms with Crippen molar-refractivity contribution in [2.75, 3.05) is 7.05 Å². The summed E-state index contributed by atoms with van der Waals surface area (Å²) in [7, 11) is 1.90. The van der Waals surface area contributed by atoms with Gasteiger partial charge in [0.25, 0.3) is 0 Å². The molecule has 0 spiro atoms. The normalized spacial score (nSPS) is 14.6. The number of unbranched alkanes of at least 4 members (excludes halogenated alkanes) is 2. The molecule has 0 aliphatic carbocycles. The maximum atomic E-state index is 3.48. The van der Waals surface area contributed by atoms with Crippen LogP contribution < -0.4 is 10.6 Å². The van der Waals surface area contributed by atoms with Crippen LogP contribution in [0.15, 0.2) is 48.4 Å². The van der Waals surface area contributed by atoms with Crippen LogP contribution in [0, 0.1) is 0 Å². The van der Waals surface area contributed by atoms with E-state index in [0.717, 1.165) is 0 Å². The molecule has 2 heteroatoms. The molecule has 0 saturated heterocycles. The highest BCUT2D eigenvalue weighted by Crippen LogP contribution is 2.11. The minimum absolute atomic E-state index is 0.432. The Morgan fingerprint density at radius 3 is 2.47 bits per heavy atom. The van der Waals surface area contributed by atoms with E-state index in [0.29, 0.717) is 6.04 Å². The van der Waals surface area contributed by atoms with Crippen molar-refractivity contribution < 1.29 is 0 Å². The fraction of sp³-hybridized carbons (Fsp3) is 0.529. The van der Waals surface area contributed by atoms with Crippen molar-refractivity contribution in [3.63, 3.8) is 0 Å². The van der Waals surface area contributed by atoms with Crippen LogP contribution in [0.5, 0.6) is 0 Å². The van der Waals surface area contributed by atoms with Gasteiger partial charge in [-0.2, -0.15) is 0 Å². The molecule has 2 N–H and O–H groups in total. The fourth-order valence-electron chi connectivity index (χ4n) is 1.78. The van der Waals surface area contributed by atoms with Gasteiger partial charge in [-0.05, 0) is 44.8 Å². The first-order valence-electron chi connectivity index (χ1n) is 7.30. The molecule has 0 bridgehead atoms. The minimum Gasteiger partial charge on any atom is -0.394 e. The van der Waals surface area contributed by atoms with Gasteiger partial charge in [0, 0.05) is 13.1 Å². The predicted octanol–water partition coefficient (Wildman–Crippen LogP) is 4.29. The number of nitrogens with one attached hydrogen (secondary N) is 2. The van der Waals surface area contributed by atoms with Gasteiger partial charge in [-0.25, -0.2) is 0 Å². The molecule has 1 atom stereocenters. The van der Waals surface area contributed by atoms with Gasteiger partial charge < -0.3 is 10.6 Å². The Balaban J connectivity index is 4.40. The van der Waals surface area contributed by atoms with Crippen LogP contribution in [0.3, 0.4) is 0 Å². The molecule has 0 heterocycles. The molecule has 19 heavy (non-hydrogen) atoms. The Bertz CT molecular complexity index is 311. The number of hydrogen-bond acceptors (Lipinski definition) is 2. The Morgan fingerprint density at radius 2 is 1.84 bits per heavy atom. The van der Waals surface area contributed by atoms with Crippen LogP contribution in [-0.2, 0) is 0 Å². The van der Waals surface area contributed by atoms with Crippen LogP contribution in [0.1, 0.15) is 46.5 Å². The summed E-state index contributed by atoms with van der Waals surface area (Å²) in [5, 5.41) is 6.45. The van der Waals surface area contributed by atoms with Gasteiger partial charge in [-0.1, -0.05) is 50.0 Å². The van der Waals surface area contributed by atoms with E-state index in [1.165, 1.54) is 31.3 Å². The summed E-state index contributed by atoms with van der Waals surface area (Å²) < 4.78 is 0. The average Bonchev–Trinajstić information content (AvgIpc) is 2.42. The van der Waals surface area contributed by atoms with Gasteiger partial charge in [-0.3, -0.25) is 0 Å². The molecule has 0 saturated carbocycles. The molecule has 108 valence electrons. The average molecular weight is 262 g/mol. The number of rotatable bonds is 10. The van der Waals surface area contributed by atoms with Gasteiger partial charge in [-0.15, -0.1) is 0 Å². The monoisotopic (exact) mass is 262 g/mol. The van der Waals surface area contributed by atoms with Crippen LogP contribution in [0.4, 0.5) is 0 Å². The zero-order chi connectivity index (χ0) is 14.3. The van der Waals surface area contributed by atoms with Crippen molar-refractivity contribution >= 4 is 0 Å². The molecule has 1 unspecified atom stereocenters. The third-order valence-electron chi connectivity index (χ3n) is 2.97. The quantitative estimate of drug-likeness (QED) is 0.453. The standard InChI is InChI=1S/C17H30N2/c1-5-7-9-13-17(16(3)12-8-6-2)19-15-11-10-14-18-4/h6,8,10-12,14-15,17-19H,5,7,9,13H2,1-4H3/b8-6?,14-10-,15-11-,16-12?. The van der Waals surface area contributed by atoms with E-state index in [1.807, 2.05) is 38.5 Å². The van der Waals surface area contributed by atoms with Crippen molar-refractivity contribution in [3.8, 4) is 0 Å². The third kappa shape index (κ3) is 10.2. The van der Waals surface area contributed by atoms with Gasteiger partial charge >= 0.3 is 0 Å². The molecule has 0 aliphatic heterocycles. The van der Waals surface area contributed by atoms with E-state index >= 15 is 0 Å². The summed E-state index contributed by atoms with van der Waals surface area (Å²) in [5.41, 5.74) is 1.39. The molecular formula is C17H30N2. The Morgan fingerprint density at radius 1 is 1.11 bits per heavy atom. The lowest BCUT2D eigenvalue weighted by atomic mass is 10.0. The smallest absolute Gasteiger partial charge is 0.0468 e. The van der Waals surface area contributed by atoms with Crippen LogP contribution in [0.25, 0.3) is 0 Å². The molecule has 0 aromatic rings. The second-order valence-corrected chi connectivity index (χ2v) is 4.66. The highest BCUT2D eigenvalue weighted by molar-refractivity contribution is 5.17. The predicted molar refractivity (Wildman–Crippen MR) is 87.0 cm³/mol.